The van der Waals surface area contributed by atoms with Gasteiger partial charge in [0.1, 0.15) is 22.9 Å². The van der Waals surface area contributed by atoms with Crippen LogP contribution >= 0.6 is 0 Å². The van der Waals surface area contributed by atoms with Crippen LogP contribution < -0.4 is 9.47 Å². The van der Waals surface area contributed by atoms with Crippen molar-refractivity contribution in [3.05, 3.63) is 46.5 Å². The molecule has 0 heterocycles. The van der Waals surface area contributed by atoms with Crippen molar-refractivity contribution < 1.29 is 19.1 Å². The van der Waals surface area contributed by atoms with Gasteiger partial charge in [0, 0.05) is 11.3 Å². The fourth-order valence-electron chi connectivity index (χ4n) is 7.16. The second kappa shape index (κ2) is 12.5. The molecule has 0 aliphatic heterocycles. The molecule has 4 heteroatoms. The number of hydrogen-bond donors (Lipinski definition) is 0. The summed E-state index contributed by atoms with van der Waals surface area (Å²) in [6.45, 7) is 21.0. The quantitative estimate of drug-likeness (QED) is 0.221. The van der Waals surface area contributed by atoms with Crippen molar-refractivity contribution in [2.45, 2.75) is 126 Å². The molecule has 0 saturated heterocycles. The third-order valence-corrected chi connectivity index (χ3v) is 10.6. The number of esters is 1. The predicted octanol–water partition coefficient (Wildman–Crippen LogP) is 9.90. The van der Waals surface area contributed by atoms with Gasteiger partial charge in [0.2, 0.25) is 0 Å². The molecule has 2 fully saturated rings. The zero-order valence-corrected chi connectivity index (χ0v) is 27.9. The van der Waals surface area contributed by atoms with Crippen molar-refractivity contribution >= 4 is 11.8 Å². The standard InChI is InChI=1S/C38H54O4/c1-11-37(7,8)35(39)29-15-13-28-22-30(16-14-27(28)21-29)36(40)41-33-23(3)17-31(18-24(33)4)32-19-25(5)34(26(6)20-32)42-38(9,10)12-2/h17-20,27-30H,11-16,21-22H2,1-10H3. The molecule has 230 valence electrons. The Hall–Kier alpha value is -2.62. The molecule has 2 aliphatic rings. The molecule has 42 heavy (non-hydrogen) atoms. The number of hydrogen-bond acceptors (Lipinski definition) is 4. The van der Waals surface area contributed by atoms with E-state index < -0.39 is 0 Å². The molecule has 0 aromatic heterocycles. The topological polar surface area (TPSA) is 52.6 Å². The Balaban J connectivity index is 1.43. The first-order valence-corrected chi connectivity index (χ1v) is 16.3. The van der Waals surface area contributed by atoms with Crippen LogP contribution in [-0.4, -0.2) is 17.4 Å². The molecule has 0 radical (unpaired) electrons. The first-order chi connectivity index (χ1) is 19.7. The second-order valence-corrected chi connectivity index (χ2v) is 14.7. The minimum atomic E-state index is -0.231. The van der Waals surface area contributed by atoms with Gasteiger partial charge < -0.3 is 9.47 Å². The number of carbonyl (C=O) groups is 2. The van der Waals surface area contributed by atoms with Crippen molar-refractivity contribution in [3.63, 3.8) is 0 Å². The maximum absolute atomic E-state index is 13.4. The van der Waals surface area contributed by atoms with Crippen LogP contribution in [0, 0.1) is 56.8 Å². The Morgan fingerprint density at radius 1 is 0.690 bits per heavy atom. The van der Waals surface area contributed by atoms with Gasteiger partial charge in [0.15, 0.2) is 0 Å². The maximum Gasteiger partial charge on any atom is 0.314 e. The Morgan fingerprint density at radius 3 is 1.62 bits per heavy atom. The molecule has 0 N–H and O–H groups in total. The molecule has 2 aliphatic carbocycles. The fraction of sp³-hybridized carbons (Fsp3) is 0.632. The van der Waals surface area contributed by atoms with Crippen molar-refractivity contribution in [1.29, 1.82) is 0 Å². The molecule has 0 spiro atoms. The SMILES string of the molecule is CCC(C)(C)Oc1c(C)cc(-c2cc(C)c(OC(=O)C3CCC4CC(C(=O)C(C)(C)CC)CCC4C3)c(C)c2)cc1C. The van der Waals surface area contributed by atoms with E-state index in [1.807, 2.05) is 13.8 Å². The molecule has 2 aromatic carbocycles. The molecule has 2 saturated carbocycles. The van der Waals surface area contributed by atoms with Gasteiger partial charge in [-0.2, -0.15) is 0 Å². The minimum absolute atomic E-state index is 0.0609. The van der Waals surface area contributed by atoms with E-state index in [0.29, 0.717) is 23.4 Å². The van der Waals surface area contributed by atoms with Gasteiger partial charge in [-0.05, 0) is 162 Å². The molecule has 4 rings (SSSR count). The maximum atomic E-state index is 13.4. The number of rotatable bonds is 9. The zero-order valence-electron chi connectivity index (χ0n) is 27.9. The number of ether oxygens (including phenoxy) is 2. The summed E-state index contributed by atoms with van der Waals surface area (Å²) < 4.78 is 12.5. The number of benzene rings is 2. The van der Waals surface area contributed by atoms with Crippen LogP contribution in [0.15, 0.2) is 24.3 Å². The molecule has 4 atom stereocenters. The molecule has 0 bridgehead atoms. The van der Waals surface area contributed by atoms with Gasteiger partial charge in [-0.25, -0.2) is 0 Å². The summed E-state index contributed by atoms with van der Waals surface area (Å²) >= 11 is 0. The number of ketones is 1. The Bertz CT molecular complexity index is 1270. The summed E-state index contributed by atoms with van der Waals surface area (Å²) in [6.07, 6.45) is 7.61. The van der Waals surface area contributed by atoms with E-state index in [2.05, 4.69) is 79.7 Å². The summed E-state index contributed by atoms with van der Waals surface area (Å²) in [5, 5.41) is 0. The van der Waals surface area contributed by atoms with Crippen LogP contribution in [0.25, 0.3) is 11.1 Å². The van der Waals surface area contributed by atoms with E-state index in [9.17, 15) is 9.59 Å². The smallest absolute Gasteiger partial charge is 0.314 e. The van der Waals surface area contributed by atoms with Gasteiger partial charge in [0.05, 0.1) is 5.92 Å². The van der Waals surface area contributed by atoms with E-state index in [1.54, 1.807) is 0 Å². The molecule has 2 aromatic rings. The summed E-state index contributed by atoms with van der Waals surface area (Å²) in [7, 11) is 0. The van der Waals surface area contributed by atoms with Gasteiger partial charge in [-0.1, -0.05) is 27.7 Å². The number of carbonyl (C=O) groups excluding carboxylic acids is 2. The molecular formula is C38H54O4. The van der Waals surface area contributed by atoms with Crippen molar-refractivity contribution in [1.82, 2.24) is 0 Å². The first-order valence-electron chi connectivity index (χ1n) is 16.3. The molecule has 0 amide bonds. The fourth-order valence-corrected chi connectivity index (χ4v) is 7.16. The normalized spacial score (nSPS) is 22.8. The van der Waals surface area contributed by atoms with E-state index in [1.165, 1.54) is 0 Å². The van der Waals surface area contributed by atoms with Crippen LogP contribution in [0.5, 0.6) is 11.5 Å². The van der Waals surface area contributed by atoms with Crippen molar-refractivity contribution in [3.8, 4) is 22.6 Å². The van der Waals surface area contributed by atoms with Crippen molar-refractivity contribution in [2.75, 3.05) is 0 Å². The largest absolute Gasteiger partial charge is 0.487 e. The summed E-state index contributed by atoms with van der Waals surface area (Å²) in [4.78, 5) is 26.5. The predicted molar refractivity (Wildman–Crippen MR) is 172 cm³/mol. The lowest BCUT2D eigenvalue weighted by Crippen LogP contribution is -2.39. The number of fused-ring (bicyclic) bond motifs is 1. The van der Waals surface area contributed by atoms with Gasteiger partial charge in [-0.15, -0.1) is 0 Å². The highest BCUT2D eigenvalue weighted by Crippen LogP contribution is 2.47. The lowest BCUT2D eigenvalue weighted by atomic mass is 9.62. The Morgan fingerprint density at radius 2 is 1.14 bits per heavy atom. The molecule has 4 nitrogen and oxygen atoms in total. The molecular weight excluding hydrogens is 520 g/mol. The van der Waals surface area contributed by atoms with Gasteiger partial charge >= 0.3 is 5.97 Å². The average Bonchev–Trinajstić information content (AvgIpc) is 2.95. The number of Topliss-reactive ketones (excluding diaryl/α,β-unsaturated/α-hetero) is 1. The van der Waals surface area contributed by atoms with Crippen LogP contribution in [0.2, 0.25) is 0 Å². The Labute approximate surface area is 255 Å². The highest BCUT2D eigenvalue weighted by Gasteiger charge is 2.42. The summed E-state index contributed by atoms with van der Waals surface area (Å²) in [5.74, 6) is 3.21. The van der Waals surface area contributed by atoms with Crippen LogP contribution in [0.3, 0.4) is 0 Å². The summed E-state index contributed by atoms with van der Waals surface area (Å²) in [5.41, 5.74) is 6.03. The van der Waals surface area contributed by atoms with Gasteiger partial charge in [0.25, 0.3) is 0 Å². The van der Waals surface area contributed by atoms with E-state index >= 15 is 0 Å². The first kappa shape index (κ1) is 32.3. The van der Waals surface area contributed by atoms with E-state index in [0.717, 1.165) is 90.5 Å². The second-order valence-electron chi connectivity index (χ2n) is 14.7. The Kier molecular flexibility index (Phi) is 9.65. The lowest BCUT2D eigenvalue weighted by Gasteiger charge is -2.42. The minimum Gasteiger partial charge on any atom is -0.487 e. The van der Waals surface area contributed by atoms with Crippen LogP contribution in [-0.2, 0) is 9.59 Å². The zero-order chi connectivity index (χ0) is 31.0. The van der Waals surface area contributed by atoms with Crippen LogP contribution in [0.1, 0.15) is 115 Å². The van der Waals surface area contributed by atoms with E-state index in [4.69, 9.17) is 9.47 Å². The van der Waals surface area contributed by atoms with Gasteiger partial charge in [-0.3, -0.25) is 9.59 Å². The van der Waals surface area contributed by atoms with Crippen LogP contribution in [0.4, 0.5) is 0 Å². The van der Waals surface area contributed by atoms with Crippen molar-refractivity contribution in [2.24, 2.45) is 29.1 Å². The molecule has 4 unspecified atom stereocenters. The number of aryl methyl sites for hydroxylation is 4. The third kappa shape index (κ3) is 6.95. The lowest BCUT2D eigenvalue weighted by molar-refractivity contribution is -0.142. The highest BCUT2D eigenvalue weighted by atomic mass is 16.5. The highest BCUT2D eigenvalue weighted by molar-refractivity contribution is 5.86. The van der Waals surface area contributed by atoms with E-state index in [-0.39, 0.29) is 28.8 Å². The monoisotopic (exact) mass is 574 g/mol. The third-order valence-electron chi connectivity index (χ3n) is 10.6. The average molecular weight is 575 g/mol. The summed E-state index contributed by atoms with van der Waals surface area (Å²) in [6, 6.07) is 8.65.